The maximum Gasteiger partial charge on any atom is 0.187 e. The zero-order chi connectivity index (χ0) is 13.8. The van der Waals surface area contributed by atoms with E-state index in [9.17, 15) is 4.79 Å². The van der Waals surface area contributed by atoms with Gasteiger partial charge in [-0.15, -0.1) is 0 Å². The van der Waals surface area contributed by atoms with Crippen LogP contribution in [0.4, 0.5) is 0 Å². The van der Waals surface area contributed by atoms with Crippen molar-refractivity contribution in [3.63, 3.8) is 0 Å². The Kier molecular flexibility index (Phi) is 4.56. The first-order valence-corrected chi connectivity index (χ1v) is 6.77. The van der Waals surface area contributed by atoms with E-state index < -0.39 is 0 Å². The number of hydrogen-bond donors (Lipinski definition) is 0. The topological polar surface area (TPSA) is 30.0 Å². The first-order chi connectivity index (χ1) is 9.10. The second kappa shape index (κ2) is 6.18. The molecule has 0 spiro atoms. The Hall–Kier alpha value is -1.38. The number of carbonyl (C=O) groups excluding carboxylic acids is 1. The van der Waals surface area contributed by atoms with Crippen molar-refractivity contribution in [3.05, 3.63) is 63.4 Å². The predicted octanol–water partition coefficient (Wildman–Crippen LogP) is 4.38. The summed E-state index contributed by atoms with van der Waals surface area (Å²) in [6.45, 7) is 2.09. The molecule has 0 saturated carbocycles. The van der Waals surface area contributed by atoms with E-state index in [1.165, 1.54) is 17.8 Å². The lowest BCUT2D eigenvalue weighted by Crippen LogP contribution is -2.06. The minimum Gasteiger partial charge on any atom is -0.292 e. The summed E-state index contributed by atoms with van der Waals surface area (Å²) >= 11 is 11.7. The van der Waals surface area contributed by atoms with E-state index in [0.29, 0.717) is 16.5 Å². The third-order valence-electron chi connectivity index (χ3n) is 2.87. The molecule has 19 heavy (non-hydrogen) atoms. The zero-order valence-corrected chi connectivity index (χ0v) is 12.0. The lowest BCUT2D eigenvalue weighted by Gasteiger charge is -2.04. The highest BCUT2D eigenvalue weighted by Gasteiger charge is 2.13. The molecule has 0 radical (unpaired) electrons. The van der Waals surface area contributed by atoms with Crippen LogP contribution < -0.4 is 0 Å². The SMILES string of the molecule is CCc1ccc(CC(=O)c2ncc(Cl)cc2Cl)cc1. The maximum absolute atomic E-state index is 12.1. The molecule has 0 aliphatic heterocycles. The number of carbonyl (C=O) groups is 1. The number of aryl methyl sites for hydroxylation is 1. The fourth-order valence-electron chi connectivity index (χ4n) is 1.78. The molecule has 4 heteroatoms. The van der Waals surface area contributed by atoms with Gasteiger partial charge < -0.3 is 0 Å². The lowest BCUT2D eigenvalue weighted by atomic mass is 10.0. The molecule has 0 fully saturated rings. The van der Waals surface area contributed by atoms with Crippen molar-refractivity contribution in [2.24, 2.45) is 0 Å². The molecule has 0 atom stereocenters. The number of Topliss-reactive ketones (excluding diaryl/α,β-unsaturated/α-hetero) is 1. The molecule has 0 saturated heterocycles. The summed E-state index contributed by atoms with van der Waals surface area (Å²) in [4.78, 5) is 16.1. The Bertz CT molecular complexity index is 594. The molecule has 0 aliphatic carbocycles. The summed E-state index contributed by atoms with van der Waals surface area (Å²) in [6.07, 6.45) is 2.71. The van der Waals surface area contributed by atoms with Crippen LogP contribution in [0, 0.1) is 0 Å². The predicted molar refractivity (Wildman–Crippen MR) is 78.1 cm³/mol. The number of ketones is 1. The van der Waals surface area contributed by atoms with E-state index in [1.807, 2.05) is 24.3 Å². The zero-order valence-electron chi connectivity index (χ0n) is 10.5. The van der Waals surface area contributed by atoms with Gasteiger partial charge in [-0.3, -0.25) is 4.79 Å². The van der Waals surface area contributed by atoms with Crippen LogP contribution in [0.1, 0.15) is 28.5 Å². The van der Waals surface area contributed by atoms with Crippen molar-refractivity contribution in [1.29, 1.82) is 0 Å². The molecule has 1 aromatic carbocycles. The third kappa shape index (κ3) is 3.55. The van der Waals surface area contributed by atoms with Crippen LogP contribution in [0.5, 0.6) is 0 Å². The Morgan fingerprint density at radius 3 is 2.37 bits per heavy atom. The molecule has 0 unspecified atom stereocenters. The van der Waals surface area contributed by atoms with Crippen LogP contribution in [0.15, 0.2) is 36.5 Å². The van der Waals surface area contributed by atoms with Gasteiger partial charge in [0.2, 0.25) is 0 Å². The molecule has 2 rings (SSSR count). The third-order valence-corrected chi connectivity index (χ3v) is 3.36. The van der Waals surface area contributed by atoms with Gasteiger partial charge in [0, 0.05) is 12.6 Å². The number of aromatic nitrogens is 1. The number of rotatable bonds is 4. The van der Waals surface area contributed by atoms with Crippen LogP contribution >= 0.6 is 23.2 Å². The van der Waals surface area contributed by atoms with Gasteiger partial charge in [0.1, 0.15) is 5.69 Å². The number of pyridine rings is 1. The number of nitrogens with zero attached hydrogens (tertiary/aromatic N) is 1. The van der Waals surface area contributed by atoms with Crippen molar-refractivity contribution in [3.8, 4) is 0 Å². The summed E-state index contributed by atoms with van der Waals surface area (Å²) in [5.41, 5.74) is 2.47. The summed E-state index contributed by atoms with van der Waals surface area (Å²) in [6, 6.07) is 9.50. The number of benzene rings is 1. The maximum atomic E-state index is 12.1. The van der Waals surface area contributed by atoms with Crippen molar-refractivity contribution < 1.29 is 4.79 Å². The molecular formula is C15H13Cl2NO. The minimum atomic E-state index is -0.106. The Morgan fingerprint density at radius 1 is 1.16 bits per heavy atom. The molecule has 0 bridgehead atoms. The first-order valence-electron chi connectivity index (χ1n) is 6.02. The number of halogens is 2. The summed E-state index contributed by atoms with van der Waals surface area (Å²) < 4.78 is 0. The molecule has 2 nitrogen and oxygen atoms in total. The van der Waals surface area contributed by atoms with E-state index in [4.69, 9.17) is 23.2 Å². The van der Waals surface area contributed by atoms with Crippen molar-refractivity contribution in [2.75, 3.05) is 0 Å². The first kappa shape index (κ1) is 14.0. The quantitative estimate of drug-likeness (QED) is 0.783. The van der Waals surface area contributed by atoms with Gasteiger partial charge in [-0.2, -0.15) is 0 Å². The molecule has 2 aromatic rings. The van der Waals surface area contributed by atoms with Gasteiger partial charge in [-0.05, 0) is 23.6 Å². The minimum absolute atomic E-state index is 0.106. The summed E-state index contributed by atoms with van der Waals surface area (Å²) in [5.74, 6) is -0.106. The standard InChI is InChI=1S/C15H13Cl2NO/c1-2-10-3-5-11(6-4-10)7-14(19)15-13(17)8-12(16)9-18-15/h3-6,8-9H,2,7H2,1H3. The lowest BCUT2D eigenvalue weighted by molar-refractivity contribution is 0.0988. The van der Waals surface area contributed by atoms with Crippen molar-refractivity contribution >= 4 is 29.0 Å². The smallest absolute Gasteiger partial charge is 0.187 e. The molecular weight excluding hydrogens is 281 g/mol. The average Bonchev–Trinajstić information content (AvgIpc) is 2.39. The van der Waals surface area contributed by atoms with Crippen molar-refractivity contribution in [2.45, 2.75) is 19.8 Å². The van der Waals surface area contributed by atoms with Gasteiger partial charge in [0.25, 0.3) is 0 Å². The van der Waals surface area contributed by atoms with E-state index in [-0.39, 0.29) is 11.5 Å². The van der Waals surface area contributed by atoms with E-state index >= 15 is 0 Å². The van der Waals surface area contributed by atoms with Gasteiger partial charge in [0.05, 0.1) is 10.0 Å². The molecule has 0 amide bonds. The van der Waals surface area contributed by atoms with Gasteiger partial charge in [-0.25, -0.2) is 4.98 Å². The highest BCUT2D eigenvalue weighted by molar-refractivity contribution is 6.36. The van der Waals surface area contributed by atoms with E-state index in [0.717, 1.165) is 12.0 Å². The Balaban J connectivity index is 2.15. The summed E-state index contributed by atoms with van der Waals surface area (Å²) in [7, 11) is 0. The Morgan fingerprint density at radius 2 is 1.79 bits per heavy atom. The van der Waals surface area contributed by atoms with Crippen LogP contribution in [-0.4, -0.2) is 10.8 Å². The molecule has 1 aromatic heterocycles. The molecule has 98 valence electrons. The summed E-state index contributed by atoms with van der Waals surface area (Å²) in [5, 5.41) is 0.719. The van der Waals surface area contributed by atoms with E-state index in [1.54, 1.807) is 0 Å². The van der Waals surface area contributed by atoms with Gasteiger partial charge in [-0.1, -0.05) is 54.4 Å². The molecule has 0 N–H and O–H groups in total. The highest BCUT2D eigenvalue weighted by atomic mass is 35.5. The fraction of sp³-hybridized carbons (Fsp3) is 0.200. The van der Waals surface area contributed by atoms with Gasteiger partial charge >= 0.3 is 0 Å². The molecule has 1 heterocycles. The average molecular weight is 294 g/mol. The van der Waals surface area contributed by atoms with E-state index in [2.05, 4.69) is 11.9 Å². The monoisotopic (exact) mass is 293 g/mol. The second-order valence-corrected chi connectivity index (χ2v) is 5.10. The highest BCUT2D eigenvalue weighted by Crippen LogP contribution is 2.20. The normalized spacial score (nSPS) is 10.5. The van der Waals surface area contributed by atoms with Gasteiger partial charge in [0.15, 0.2) is 5.78 Å². The van der Waals surface area contributed by atoms with Crippen LogP contribution in [-0.2, 0) is 12.8 Å². The fourth-order valence-corrected chi connectivity index (χ4v) is 2.27. The Labute approximate surface area is 122 Å². The van der Waals surface area contributed by atoms with Crippen LogP contribution in [0.25, 0.3) is 0 Å². The largest absolute Gasteiger partial charge is 0.292 e. The van der Waals surface area contributed by atoms with Crippen molar-refractivity contribution in [1.82, 2.24) is 4.98 Å². The molecule has 0 aliphatic rings. The second-order valence-electron chi connectivity index (χ2n) is 4.25. The van der Waals surface area contributed by atoms with Crippen LogP contribution in [0.2, 0.25) is 10.0 Å². The number of hydrogen-bond acceptors (Lipinski definition) is 2. The van der Waals surface area contributed by atoms with Crippen LogP contribution in [0.3, 0.4) is 0 Å².